The van der Waals surface area contributed by atoms with Gasteiger partial charge >= 0.3 is 0 Å². The van der Waals surface area contributed by atoms with Gasteiger partial charge in [0.2, 0.25) is 0 Å². The first-order valence-electron chi connectivity index (χ1n) is 5.70. The van der Waals surface area contributed by atoms with E-state index < -0.39 is 0 Å². The molecule has 0 bridgehead atoms. The van der Waals surface area contributed by atoms with Gasteiger partial charge in [-0.1, -0.05) is 15.9 Å². The summed E-state index contributed by atoms with van der Waals surface area (Å²) in [5, 5.41) is 3.07. The number of carbonyl (C=O) groups excluding carboxylic acids is 1. The van der Waals surface area contributed by atoms with Crippen molar-refractivity contribution >= 4 is 21.8 Å². The summed E-state index contributed by atoms with van der Waals surface area (Å²) < 4.78 is 6.13. The molecule has 0 unspecified atom stereocenters. The monoisotopic (exact) mass is 297 g/mol. The highest BCUT2D eigenvalue weighted by Crippen LogP contribution is 2.32. The zero-order chi connectivity index (χ0) is 12.5. The Labute approximate surface area is 110 Å². The van der Waals surface area contributed by atoms with E-state index in [0.29, 0.717) is 11.3 Å². The van der Waals surface area contributed by atoms with Gasteiger partial charge in [-0.3, -0.25) is 4.79 Å². The van der Waals surface area contributed by atoms with Gasteiger partial charge in [0.1, 0.15) is 5.75 Å². The van der Waals surface area contributed by atoms with E-state index in [1.807, 2.05) is 6.07 Å². The number of nitrogens with one attached hydrogen (secondary N) is 1. The maximum absolute atomic E-state index is 12.1. The Morgan fingerprint density at radius 1 is 1.47 bits per heavy atom. The average Bonchev–Trinajstić information content (AvgIpc) is 2.26. The van der Waals surface area contributed by atoms with Crippen molar-refractivity contribution in [1.29, 1.82) is 0 Å². The van der Waals surface area contributed by atoms with E-state index in [1.165, 1.54) is 6.42 Å². The molecule has 1 N–H and O–H groups in total. The van der Waals surface area contributed by atoms with Crippen LogP contribution in [0, 0.1) is 0 Å². The SMILES string of the molecule is COc1cc(Br)ccc1C(=O)NC1(C)CCC1. The quantitative estimate of drug-likeness (QED) is 0.931. The number of ether oxygens (including phenoxy) is 1. The third-order valence-corrected chi connectivity index (χ3v) is 3.77. The predicted molar refractivity (Wildman–Crippen MR) is 70.4 cm³/mol. The topological polar surface area (TPSA) is 38.3 Å². The first kappa shape index (κ1) is 12.4. The van der Waals surface area contributed by atoms with Gasteiger partial charge in [-0.25, -0.2) is 0 Å². The highest BCUT2D eigenvalue weighted by Gasteiger charge is 2.33. The van der Waals surface area contributed by atoms with Crippen LogP contribution < -0.4 is 10.1 Å². The van der Waals surface area contributed by atoms with E-state index in [-0.39, 0.29) is 11.4 Å². The maximum atomic E-state index is 12.1. The highest BCUT2D eigenvalue weighted by molar-refractivity contribution is 9.10. The Balaban J connectivity index is 2.18. The lowest BCUT2D eigenvalue weighted by molar-refractivity contribution is 0.0847. The lowest BCUT2D eigenvalue weighted by Crippen LogP contribution is -2.50. The standard InChI is InChI=1S/C13H16BrNO2/c1-13(6-3-7-13)15-12(16)10-5-4-9(14)8-11(10)17-2/h4-5,8H,3,6-7H2,1-2H3,(H,15,16). The van der Waals surface area contributed by atoms with Crippen molar-refractivity contribution in [2.24, 2.45) is 0 Å². The minimum Gasteiger partial charge on any atom is -0.496 e. The normalized spacial score (nSPS) is 17.1. The van der Waals surface area contributed by atoms with Gasteiger partial charge in [-0.15, -0.1) is 0 Å². The van der Waals surface area contributed by atoms with E-state index in [2.05, 4.69) is 28.2 Å². The fraction of sp³-hybridized carbons (Fsp3) is 0.462. The molecule has 2 rings (SSSR count). The summed E-state index contributed by atoms with van der Waals surface area (Å²) in [5.74, 6) is 0.538. The van der Waals surface area contributed by atoms with Gasteiger partial charge in [0.15, 0.2) is 0 Å². The molecule has 0 saturated heterocycles. The first-order valence-corrected chi connectivity index (χ1v) is 6.49. The van der Waals surface area contributed by atoms with Crippen LogP contribution in [0.15, 0.2) is 22.7 Å². The minimum absolute atomic E-state index is 0.0326. The summed E-state index contributed by atoms with van der Waals surface area (Å²) in [5.41, 5.74) is 0.554. The third-order valence-electron chi connectivity index (χ3n) is 3.28. The van der Waals surface area contributed by atoms with Crippen LogP contribution in [-0.2, 0) is 0 Å². The van der Waals surface area contributed by atoms with E-state index in [4.69, 9.17) is 4.74 Å². The summed E-state index contributed by atoms with van der Waals surface area (Å²) in [7, 11) is 1.57. The Bertz CT molecular complexity index is 441. The highest BCUT2D eigenvalue weighted by atomic mass is 79.9. The number of methoxy groups -OCH3 is 1. The molecule has 1 aromatic rings. The van der Waals surface area contributed by atoms with Crippen LogP contribution in [0.4, 0.5) is 0 Å². The molecular formula is C13H16BrNO2. The molecule has 0 spiro atoms. The summed E-state index contributed by atoms with van der Waals surface area (Å²) in [4.78, 5) is 12.1. The van der Waals surface area contributed by atoms with Gasteiger partial charge < -0.3 is 10.1 Å². The van der Waals surface area contributed by atoms with E-state index in [0.717, 1.165) is 17.3 Å². The molecule has 17 heavy (non-hydrogen) atoms. The third kappa shape index (κ3) is 2.63. The molecule has 3 nitrogen and oxygen atoms in total. The number of benzene rings is 1. The molecule has 0 heterocycles. The van der Waals surface area contributed by atoms with Crippen molar-refractivity contribution in [2.45, 2.75) is 31.7 Å². The fourth-order valence-electron chi connectivity index (χ4n) is 2.03. The smallest absolute Gasteiger partial charge is 0.255 e. The molecule has 0 aromatic heterocycles. The van der Waals surface area contributed by atoms with Crippen LogP contribution in [0.1, 0.15) is 36.5 Å². The molecule has 1 aliphatic carbocycles. The van der Waals surface area contributed by atoms with Gasteiger partial charge in [-0.05, 0) is 44.4 Å². The Hall–Kier alpha value is -1.03. The summed E-state index contributed by atoms with van der Waals surface area (Å²) in [6.07, 6.45) is 3.30. The van der Waals surface area contributed by atoms with Crippen LogP contribution in [0.5, 0.6) is 5.75 Å². The molecule has 0 radical (unpaired) electrons. The molecule has 0 aliphatic heterocycles. The Morgan fingerprint density at radius 2 is 2.18 bits per heavy atom. The van der Waals surface area contributed by atoms with Crippen molar-refractivity contribution in [1.82, 2.24) is 5.32 Å². The lowest BCUT2D eigenvalue weighted by atomic mass is 9.78. The van der Waals surface area contributed by atoms with Crippen LogP contribution >= 0.6 is 15.9 Å². The fourth-order valence-corrected chi connectivity index (χ4v) is 2.37. The van der Waals surface area contributed by atoms with Crippen LogP contribution in [0.2, 0.25) is 0 Å². The van der Waals surface area contributed by atoms with Crippen LogP contribution in [-0.4, -0.2) is 18.6 Å². The minimum atomic E-state index is -0.0587. The van der Waals surface area contributed by atoms with Gasteiger partial charge in [-0.2, -0.15) is 0 Å². The zero-order valence-corrected chi connectivity index (χ0v) is 11.6. The zero-order valence-electron chi connectivity index (χ0n) is 10.0. The van der Waals surface area contributed by atoms with Crippen molar-refractivity contribution in [3.63, 3.8) is 0 Å². The summed E-state index contributed by atoms with van der Waals surface area (Å²) >= 11 is 3.36. The van der Waals surface area contributed by atoms with Crippen molar-refractivity contribution < 1.29 is 9.53 Å². The Kier molecular flexibility index (Phi) is 3.43. The molecule has 0 atom stereocenters. The van der Waals surface area contributed by atoms with Crippen molar-refractivity contribution in [3.8, 4) is 5.75 Å². The van der Waals surface area contributed by atoms with E-state index >= 15 is 0 Å². The van der Waals surface area contributed by atoms with E-state index in [9.17, 15) is 4.79 Å². The van der Waals surface area contributed by atoms with Crippen LogP contribution in [0.25, 0.3) is 0 Å². The van der Waals surface area contributed by atoms with Crippen molar-refractivity contribution in [3.05, 3.63) is 28.2 Å². The summed E-state index contributed by atoms with van der Waals surface area (Å²) in [6, 6.07) is 5.43. The number of halogens is 1. The van der Waals surface area contributed by atoms with Gasteiger partial charge in [0.25, 0.3) is 5.91 Å². The van der Waals surface area contributed by atoms with E-state index in [1.54, 1.807) is 19.2 Å². The number of rotatable bonds is 3. The molecular weight excluding hydrogens is 282 g/mol. The number of carbonyl (C=O) groups is 1. The Morgan fingerprint density at radius 3 is 2.71 bits per heavy atom. The average molecular weight is 298 g/mol. The summed E-state index contributed by atoms with van der Waals surface area (Å²) in [6.45, 7) is 2.08. The maximum Gasteiger partial charge on any atom is 0.255 e. The van der Waals surface area contributed by atoms with Crippen molar-refractivity contribution in [2.75, 3.05) is 7.11 Å². The second-order valence-corrected chi connectivity index (χ2v) is 5.63. The lowest BCUT2D eigenvalue weighted by Gasteiger charge is -2.39. The van der Waals surface area contributed by atoms with Gasteiger partial charge in [0, 0.05) is 10.0 Å². The predicted octanol–water partition coefficient (Wildman–Crippen LogP) is 3.13. The number of hydrogen-bond acceptors (Lipinski definition) is 2. The molecule has 1 fully saturated rings. The molecule has 1 amide bonds. The molecule has 1 aromatic carbocycles. The molecule has 1 aliphatic rings. The second-order valence-electron chi connectivity index (χ2n) is 4.71. The molecule has 92 valence electrons. The second kappa shape index (κ2) is 4.69. The van der Waals surface area contributed by atoms with Crippen LogP contribution in [0.3, 0.4) is 0 Å². The largest absolute Gasteiger partial charge is 0.496 e. The first-order chi connectivity index (χ1) is 8.04. The number of amides is 1. The van der Waals surface area contributed by atoms with Gasteiger partial charge in [0.05, 0.1) is 12.7 Å². The number of hydrogen-bond donors (Lipinski definition) is 1. The molecule has 1 saturated carbocycles. The molecule has 4 heteroatoms.